The van der Waals surface area contributed by atoms with Crippen LogP contribution in [0.5, 0.6) is 0 Å². The normalized spacial score (nSPS) is 40.7. The second kappa shape index (κ2) is 13.0. The molecular formula is C31H43AcNO12S. The standard InChI is InChI=1S/C31H43NO12S.Ac/c1-13-16(44-27(39)23(37)21(32-14(2)33)17-8-7-9-45-17)11-31(41)26(43-15(3)34)24-29(6,18(35)10-19-30(24,40)12-42-19)25(38)22(36)20(13)28(31,4)5;/h7-9,16,18-19,21-26,35-38,40-41H,10-12H2,1-6H3,(H,32,33);/t16?,18-,19+,21-,22+,23+,24-,25+,26-,29+,30-,31+;/m0./s1. The Morgan fingerprint density at radius 2 is 1.76 bits per heavy atom. The summed E-state index contributed by atoms with van der Waals surface area (Å²) < 4.78 is 17.2. The van der Waals surface area contributed by atoms with E-state index in [9.17, 15) is 45.0 Å². The number of rotatable bonds is 6. The van der Waals surface area contributed by atoms with Crippen LogP contribution in [-0.2, 0) is 28.6 Å². The first-order valence-corrected chi connectivity index (χ1v) is 15.9. The van der Waals surface area contributed by atoms with Crippen molar-refractivity contribution in [1.82, 2.24) is 5.32 Å². The Morgan fingerprint density at radius 3 is 2.28 bits per heavy atom. The summed E-state index contributed by atoms with van der Waals surface area (Å²) in [6.45, 7) is 8.36. The van der Waals surface area contributed by atoms with Crippen molar-refractivity contribution >= 4 is 29.2 Å². The fraction of sp³-hybridized carbons (Fsp3) is 0.710. The van der Waals surface area contributed by atoms with Gasteiger partial charge in [-0.15, -0.1) is 11.3 Å². The maximum absolute atomic E-state index is 13.5. The van der Waals surface area contributed by atoms with Gasteiger partial charge in [-0.2, -0.15) is 0 Å². The molecule has 2 heterocycles. The topological polar surface area (TPSA) is 212 Å². The fourth-order valence-corrected chi connectivity index (χ4v) is 9.16. The van der Waals surface area contributed by atoms with Crippen molar-refractivity contribution in [3.8, 4) is 0 Å². The van der Waals surface area contributed by atoms with E-state index in [2.05, 4.69) is 5.32 Å². The number of thiophene rings is 1. The molecular weight excluding hydrogens is 837 g/mol. The van der Waals surface area contributed by atoms with Crippen molar-refractivity contribution < 1.29 is 103 Å². The fourth-order valence-electron chi connectivity index (χ4n) is 8.36. The summed E-state index contributed by atoms with van der Waals surface area (Å²) in [6, 6.07) is 2.20. The van der Waals surface area contributed by atoms with E-state index < -0.39 is 101 Å². The maximum Gasteiger partial charge on any atom is 0.338 e. The number of amides is 1. The third-order valence-corrected chi connectivity index (χ3v) is 11.9. The van der Waals surface area contributed by atoms with Crippen molar-refractivity contribution in [1.29, 1.82) is 0 Å². The Kier molecular flexibility index (Phi) is 10.7. The number of nitrogens with one attached hydrogen (secondary N) is 1. The van der Waals surface area contributed by atoms with Crippen LogP contribution >= 0.6 is 11.3 Å². The molecule has 5 rings (SSSR count). The molecule has 1 saturated heterocycles. The van der Waals surface area contributed by atoms with Gasteiger partial charge in [0.1, 0.15) is 35.6 Å². The van der Waals surface area contributed by atoms with E-state index in [4.69, 9.17) is 14.2 Å². The summed E-state index contributed by atoms with van der Waals surface area (Å²) in [7, 11) is 0. The number of aliphatic hydroxyl groups excluding tert-OH is 4. The summed E-state index contributed by atoms with van der Waals surface area (Å²) in [5.74, 6) is -3.78. The zero-order valence-electron chi connectivity index (χ0n) is 26.7. The van der Waals surface area contributed by atoms with Crippen molar-refractivity contribution in [3.63, 3.8) is 0 Å². The smallest absolute Gasteiger partial charge is 0.338 e. The molecule has 46 heavy (non-hydrogen) atoms. The molecule has 1 aliphatic heterocycles. The third kappa shape index (κ3) is 5.64. The second-order valence-corrected chi connectivity index (χ2v) is 14.7. The number of fused-ring (bicyclic) bond motifs is 5. The average molecular weight is 881 g/mol. The van der Waals surface area contributed by atoms with Crippen LogP contribution in [0, 0.1) is 60.8 Å². The number of hydrogen-bond acceptors (Lipinski definition) is 13. The minimum absolute atomic E-state index is 0. The summed E-state index contributed by atoms with van der Waals surface area (Å²) in [6.07, 6.45) is -10.9. The average Bonchev–Trinajstić information content (AvgIpc) is 3.48. The van der Waals surface area contributed by atoms with Gasteiger partial charge in [0.25, 0.3) is 0 Å². The minimum atomic E-state index is -2.16. The minimum Gasteiger partial charge on any atom is -0.459 e. The van der Waals surface area contributed by atoms with E-state index in [1.165, 1.54) is 25.2 Å². The number of aliphatic hydroxyl groups is 6. The monoisotopic (exact) mass is 880 g/mol. The van der Waals surface area contributed by atoms with E-state index in [0.29, 0.717) is 4.88 Å². The molecule has 0 aromatic carbocycles. The van der Waals surface area contributed by atoms with Crippen LogP contribution in [0.2, 0.25) is 0 Å². The predicted molar refractivity (Wildman–Crippen MR) is 157 cm³/mol. The van der Waals surface area contributed by atoms with Crippen LogP contribution in [0.3, 0.4) is 0 Å². The van der Waals surface area contributed by atoms with Gasteiger partial charge < -0.3 is 50.2 Å². The molecule has 1 aromatic rings. The molecule has 3 aliphatic carbocycles. The van der Waals surface area contributed by atoms with E-state index in [-0.39, 0.29) is 68.2 Å². The summed E-state index contributed by atoms with van der Waals surface area (Å²) >= 11 is 1.21. The molecule has 2 bridgehead atoms. The van der Waals surface area contributed by atoms with Gasteiger partial charge in [-0.05, 0) is 29.5 Å². The van der Waals surface area contributed by atoms with Crippen molar-refractivity contribution in [3.05, 3.63) is 33.5 Å². The van der Waals surface area contributed by atoms with Crippen molar-refractivity contribution in [2.24, 2.45) is 16.7 Å². The van der Waals surface area contributed by atoms with E-state index in [0.717, 1.165) is 6.92 Å². The Balaban J connectivity index is 0.00000480. The Bertz CT molecular complexity index is 1390. The number of carbonyl (C=O) groups is 3. The van der Waals surface area contributed by atoms with E-state index in [1.807, 2.05) is 0 Å². The van der Waals surface area contributed by atoms with Crippen LogP contribution < -0.4 is 5.32 Å². The molecule has 1 amide bonds. The molecule has 1 radical (unpaired) electrons. The summed E-state index contributed by atoms with van der Waals surface area (Å²) in [5, 5.41) is 75.2. The first-order valence-electron chi connectivity index (χ1n) is 15.0. The van der Waals surface area contributed by atoms with Crippen LogP contribution in [0.4, 0.5) is 0 Å². The molecule has 3 fully saturated rings. The Labute approximate surface area is 306 Å². The quantitative estimate of drug-likeness (QED) is 0.147. The van der Waals surface area contributed by atoms with Crippen molar-refractivity contribution in [2.45, 2.75) is 114 Å². The molecule has 7 N–H and O–H groups in total. The van der Waals surface area contributed by atoms with E-state index >= 15 is 0 Å². The molecule has 4 aliphatic rings. The van der Waals surface area contributed by atoms with Crippen molar-refractivity contribution in [2.75, 3.05) is 6.61 Å². The van der Waals surface area contributed by atoms with Gasteiger partial charge >= 0.3 is 11.9 Å². The van der Waals surface area contributed by atoms with Crippen LogP contribution in [0.1, 0.15) is 65.3 Å². The molecule has 1 aromatic heterocycles. The summed E-state index contributed by atoms with van der Waals surface area (Å²) in [4.78, 5) is 38.5. The third-order valence-electron chi connectivity index (χ3n) is 10.9. The maximum atomic E-state index is 13.5. The van der Waals surface area contributed by atoms with Gasteiger partial charge in [0.2, 0.25) is 5.91 Å². The van der Waals surface area contributed by atoms with E-state index in [1.54, 1.807) is 38.3 Å². The Morgan fingerprint density at radius 1 is 1.11 bits per heavy atom. The Hall–Kier alpha value is -0.988. The first kappa shape index (κ1) is 37.8. The second-order valence-electron chi connectivity index (χ2n) is 13.7. The van der Waals surface area contributed by atoms with Crippen LogP contribution in [0.25, 0.3) is 0 Å². The summed E-state index contributed by atoms with van der Waals surface area (Å²) in [5.41, 5.74) is -6.69. The molecule has 15 heteroatoms. The molecule has 13 nitrogen and oxygen atoms in total. The van der Waals surface area contributed by atoms with Gasteiger partial charge in [0, 0.05) is 92.4 Å². The molecule has 0 spiro atoms. The number of ether oxygens (including phenoxy) is 3. The van der Waals surface area contributed by atoms with Crippen LogP contribution in [-0.4, -0.2) is 109 Å². The first-order chi connectivity index (χ1) is 20.8. The predicted octanol–water partition coefficient (Wildman–Crippen LogP) is -0.140. The van der Waals surface area contributed by atoms with Gasteiger partial charge in [-0.1, -0.05) is 26.8 Å². The molecule has 253 valence electrons. The number of esters is 2. The van der Waals surface area contributed by atoms with Gasteiger partial charge in [-0.25, -0.2) is 4.79 Å². The SMILES string of the molecule is CC(=O)N[C@@H](c1cccs1)[C@@H](O)C(=O)OC1C[C@@]2(O)[C@@H](OC(C)=O)[C@@H]3[C@]4(O)CO[C@@H]4C[C@H](O)[C@@]3(C)[C@H](O)[C@H](O)C(=C1C)C2(C)C.[Ac]. The van der Waals surface area contributed by atoms with Crippen LogP contribution in [0.15, 0.2) is 28.7 Å². The number of carbonyl (C=O) groups excluding carboxylic acids is 3. The van der Waals surface area contributed by atoms with Gasteiger partial charge in [0.05, 0.1) is 24.9 Å². The largest absolute Gasteiger partial charge is 0.459 e. The zero-order chi connectivity index (χ0) is 33.4. The molecule has 12 atom stereocenters. The van der Waals surface area contributed by atoms with Gasteiger partial charge in [-0.3, -0.25) is 9.59 Å². The van der Waals surface area contributed by atoms with Gasteiger partial charge in [0.15, 0.2) is 6.10 Å². The molecule has 1 unspecified atom stereocenters. The number of hydrogen-bond donors (Lipinski definition) is 7. The molecule has 2 saturated carbocycles. The zero-order valence-corrected chi connectivity index (χ0v) is 32.2.